The Bertz CT molecular complexity index is 1040. The SMILES string of the molecule is Cc1cc(-c2nnc(SCC(=O)Nc3sccc3C#N)n2CC2CCCO2)cs1. The van der Waals surface area contributed by atoms with Crippen LogP contribution in [-0.2, 0) is 16.1 Å². The molecule has 29 heavy (non-hydrogen) atoms. The van der Waals surface area contributed by atoms with Gasteiger partial charge in [-0.25, -0.2) is 0 Å². The first kappa shape index (κ1) is 20.1. The molecule has 1 fully saturated rings. The Balaban J connectivity index is 1.49. The van der Waals surface area contributed by atoms with Gasteiger partial charge in [0.1, 0.15) is 11.1 Å². The number of aryl methyl sites for hydroxylation is 1. The number of hydrogen-bond donors (Lipinski definition) is 1. The molecule has 7 nitrogen and oxygen atoms in total. The summed E-state index contributed by atoms with van der Waals surface area (Å²) < 4.78 is 7.86. The summed E-state index contributed by atoms with van der Waals surface area (Å²) in [6, 6.07) is 5.87. The van der Waals surface area contributed by atoms with Gasteiger partial charge in [-0.1, -0.05) is 11.8 Å². The Hall–Kier alpha value is -2.19. The number of nitrogens with zero attached hydrogens (tertiary/aromatic N) is 4. The fourth-order valence-electron chi connectivity index (χ4n) is 3.11. The molecular formula is C19H19N5O2S3. The Labute approximate surface area is 180 Å². The summed E-state index contributed by atoms with van der Waals surface area (Å²) in [6.45, 7) is 3.52. The third-order valence-electron chi connectivity index (χ3n) is 4.49. The average Bonchev–Trinajstić information content (AvgIpc) is 3.49. The Morgan fingerprint density at radius 2 is 2.38 bits per heavy atom. The maximum atomic E-state index is 12.4. The number of carbonyl (C=O) groups excluding carboxylic acids is 1. The minimum absolute atomic E-state index is 0.141. The molecule has 0 saturated carbocycles. The summed E-state index contributed by atoms with van der Waals surface area (Å²) >= 11 is 4.36. The van der Waals surface area contributed by atoms with Crippen LogP contribution in [0.3, 0.4) is 0 Å². The molecular weight excluding hydrogens is 426 g/mol. The predicted molar refractivity (Wildman–Crippen MR) is 115 cm³/mol. The van der Waals surface area contributed by atoms with E-state index in [1.165, 1.54) is 28.0 Å². The molecule has 4 heterocycles. The fourth-order valence-corrected chi connectivity index (χ4v) is 5.30. The van der Waals surface area contributed by atoms with Crippen LogP contribution in [0.25, 0.3) is 11.4 Å². The second-order valence-electron chi connectivity index (χ2n) is 6.61. The van der Waals surface area contributed by atoms with Crippen LogP contribution in [0.1, 0.15) is 23.3 Å². The number of thiophene rings is 2. The smallest absolute Gasteiger partial charge is 0.235 e. The van der Waals surface area contributed by atoms with Gasteiger partial charge < -0.3 is 10.1 Å². The van der Waals surface area contributed by atoms with E-state index in [4.69, 9.17) is 10.00 Å². The van der Waals surface area contributed by atoms with Crippen LogP contribution in [0.5, 0.6) is 0 Å². The normalized spacial score (nSPS) is 16.1. The Morgan fingerprint density at radius 1 is 1.48 bits per heavy atom. The lowest BCUT2D eigenvalue weighted by Gasteiger charge is -2.14. The average molecular weight is 446 g/mol. The minimum atomic E-state index is -0.173. The first-order chi connectivity index (χ1) is 14.1. The van der Waals surface area contributed by atoms with Crippen molar-refractivity contribution in [3.05, 3.63) is 33.3 Å². The highest BCUT2D eigenvalue weighted by atomic mass is 32.2. The van der Waals surface area contributed by atoms with Crippen molar-refractivity contribution in [3.63, 3.8) is 0 Å². The third-order valence-corrected chi connectivity index (χ3v) is 7.14. The number of hydrogen-bond acceptors (Lipinski definition) is 8. The van der Waals surface area contributed by atoms with Crippen molar-refractivity contribution in [2.24, 2.45) is 0 Å². The van der Waals surface area contributed by atoms with E-state index < -0.39 is 0 Å². The first-order valence-electron chi connectivity index (χ1n) is 9.14. The van der Waals surface area contributed by atoms with Crippen molar-refractivity contribution < 1.29 is 9.53 Å². The molecule has 0 aromatic carbocycles. The molecule has 3 aromatic heterocycles. The number of amides is 1. The van der Waals surface area contributed by atoms with E-state index in [-0.39, 0.29) is 17.8 Å². The summed E-state index contributed by atoms with van der Waals surface area (Å²) in [5.74, 6) is 0.820. The monoisotopic (exact) mass is 445 g/mol. The summed E-state index contributed by atoms with van der Waals surface area (Å²) in [6.07, 6.45) is 2.22. The molecule has 0 spiro atoms. The summed E-state index contributed by atoms with van der Waals surface area (Å²) in [5, 5.41) is 25.8. The lowest BCUT2D eigenvalue weighted by Crippen LogP contribution is -2.18. The van der Waals surface area contributed by atoms with Gasteiger partial charge in [0.15, 0.2) is 11.0 Å². The largest absolute Gasteiger partial charge is 0.376 e. The van der Waals surface area contributed by atoms with Crippen molar-refractivity contribution in [2.75, 3.05) is 17.7 Å². The van der Waals surface area contributed by atoms with E-state index in [1.54, 1.807) is 22.8 Å². The van der Waals surface area contributed by atoms with E-state index in [0.717, 1.165) is 30.8 Å². The van der Waals surface area contributed by atoms with Gasteiger partial charge >= 0.3 is 0 Å². The highest BCUT2D eigenvalue weighted by Crippen LogP contribution is 2.29. The predicted octanol–water partition coefficient (Wildman–Crippen LogP) is 4.16. The van der Waals surface area contributed by atoms with Crippen LogP contribution in [-0.4, -0.2) is 39.1 Å². The standard InChI is InChI=1S/C19H19N5O2S3/c1-12-7-14(10-28-12)17-22-23-19(24(17)9-15-3-2-5-26-15)29-11-16(25)21-18-13(8-20)4-6-27-18/h4,6-7,10,15H,2-3,5,9,11H2,1H3,(H,21,25). The molecule has 3 aromatic rings. The molecule has 0 aliphatic carbocycles. The van der Waals surface area contributed by atoms with E-state index in [1.807, 2.05) is 0 Å². The number of thioether (sulfide) groups is 1. The minimum Gasteiger partial charge on any atom is -0.376 e. The summed E-state index contributed by atoms with van der Waals surface area (Å²) in [5.41, 5.74) is 1.51. The third kappa shape index (κ3) is 4.70. The van der Waals surface area contributed by atoms with Gasteiger partial charge in [0, 0.05) is 22.4 Å². The molecule has 0 bridgehead atoms. The van der Waals surface area contributed by atoms with E-state index in [9.17, 15) is 4.79 Å². The van der Waals surface area contributed by atoms with E-state index in [2.05, 4.69) is 44.5 Å². The number of rotatable bonds is 7. The molecule has 1 N–H and O–H groups in total. The Kier molecular flexibility index (Phi) is 6.30. The van der Waals surface area contributed by atoms with Gasteiger partial charge in [-0.05, 0) is 37.3 Å². The van der Waals surface area contributed by atoms with Crippen molar-refractivity contribution in [2.45, 2.75) is 37.6 Å². The van der Waals surface area contributed by atoms with E-state index in [0.29, 0.717) is 22.3 Å². The molecule has 1 atom stereocenters. The zero-order chi connectivity index (χ0) is 20.2. The van der Waals surface area contributed by atoms with Crippen LogP contribution >= 0.6 is 34.4 Å². The second-order valence-corrected chi connectivity index (χ2v) is 9.58. The number of aromatic nitrogens is 3. The molecule has 0 radical (unpaired) electrons. The van der Waals surface area contributed by atoms with Crippen molar-refractivity contribution >= 4 is 45.3 Å². The van der Waals surface area contributed by atoms with Gasteiger partial charge in [-0.3, -0.25) is 9.36 Å². The lowest BCUT2D eigenvalue weighted by atomic mass is 10.2. The van der Waals surface area contributed by atoms with Crippen molar-refractivity contribution in [1.82, 2.24) is 14.8 Å². The number of nitrogens with one attached hydrogen (secondary N) is 1. The second kappa shape index (κ2) is 9.09. The van der Waals surface area contributed by atoms with Crippen LogP contribution in [0, 0.1) is 18.3 Å². The van der Waals surface area contributed by atoms with E-state index >= 15 is 0 Å². The van der Waals surface area contributed by atoms with Gasteiger partial charge in [0.05, 0.1) is 24.0 Å². The molecule has 4 rings (SSSR count). The van der Waals surface area contributed by atoms with Crippen LogP contribution in [0.4, 0.5) is 5.00 Å². The maximum absolute atomic E-state index is 12.4. The van der Waals surface area contributed by atoms with Crippen LogP contribution in [0.2, 0.25) is 0 Å². The van der Waals surface area contributed by atoms with Gasteiger partial charge in [0.25, 0.3) is 0 Å². The highest BCUT2D eigenvalue weighted by Gasteiger charge is 2.22. The number of ether oxygens (including phenoxy) is 1. The van der Waals surface area contributed by atoms with Crippen molar-refractivity contribution in [1.29, 1.82) is 5.26 Å². The molecule has 1 unspecified atom stereocenters. The molecule has 10 heteroatoms. The topological polar surface area (TPSA) is 92.8 Å². The highest BCUT2D eigenvalue weighted by molar-refractivity contribution is 7.99. The van der Waals surface area contributed by atoms with Crippen LogP contribution < -0.4 is 5.32 Å². The van der Waals surface area contributed by atoms with Gasteiger partial charge in [-0.15, -0.1) is 32.9 Å². The van der Waals surface area contributed by atoms with Gasteiger partial charge in [-0.2, -0.15) is 5.26 Å². The lowest BCUT2D eigenvalue weighted by molar-refractivity contribution is -0.113. The molecule has 1 saturated heterocycles. The maximum Gasteiger partial charge on any atom is 0.235 e. The molecule has 1 aliphatic rings. The number of nitriles is 1. The molecule has 150 valence electrons. The summed E-state index contributed by atoms with van der Waals surface area (Å²) in [7, 11) is 0. The number of anilines is 1. The molecule has 1 amide bonds. The zero-order valence-corrected chi connectivity index (χ0v) is 18.2. The number of carbonyl (C=O) groups is 1. The fraction of sp³-hybridized carbons (Fsp3) is 0.368. The Morgan fingerprint density at radius 3 is 3.10 bits per heavy atom. The van der Waals surface area contributed by atoms with Gasteiger partial charge in [0.2, 0.25) is 5.91 Å². The zero-order valence-electron chi connectivity index (χ0n) is 15.8. The molecule has 1 aliphatic heterocycles. The van der Waals surface area contributed by atoms with Crippen molar-refractivity contribution in [3.8, 4) is 17.5 Å². The van der Waals surface area contributed by atoms with Crippen LogP contribution in [0.15, 0.2) is 28.0 Å². The summed E-state index contributed by atoms with van der Waals surface area (Å²) in [4.78, 5) is 13.6. The first-order valence-corrected chi connectivity index (χ1v) is 11.9. The quantitative estimate of drug-likeness (QED) is 0.549.